The van der Waals surface area contributed by atoms with Crippen LogP contribution in [0.5, 0.6) is 0 Å². The van der Waals surface area contributed by atoms with Crippen LogP contribution in [0.3, 0.4) is 0 Å². The lowest BCUT2D eigenvalue weighted by molar-refractivity contribution is 0.0717. The molecule has 3 N–H and O–H groups in total. The van der Waals surface area contributed by atoms with Crippen LogP contribution >= 0.6 is 0 Å². The molecule has 1 unspecified atom stereocenters. The molecule has 1 saturated heterocycles. The summed E-state index contributed by atoms with van der Waals surface area (Å²) in [5, 5.41) is 0. The minimum absolute atomic E-state index is 0.00500. The van der Waals surface area contributed by atoms with Gasteiger partial charge in [-0.2, -0.15) is 0 Å². The Morgan fingerprint density at radius 1 is 1.63 bits per heavy atom. The minimum Gasteiger partial charge on any atom is -0.334 e. The summed E-state index contributed by atoms with van der Waals surface area (Å²) in [7, 11) is 4.05. The van der Waals surface area contributed by atoms with E-state index in [-0.39, 0.29) is 11.9 Å². The quantitative estimate of drug-likeness (QED) is 0.612. The van der Waals surface area contributed by atoms with Crippen LogP contribution in [0, 0.1) is 0 Å². The average Bonchev–Trinajstić information content (AvgIpc) is 2.85. The van der Waals surface area contributed by atoms with Crippen molar-refractivity contribution in [3.63, 3.8) is 0 Å². The highest BCUT2D eigenvalue weighted by Crippen LogP contribution is 2.22. The van der Waals surface area contributed by atoms with Gasteiger partial charge in [0.1, 0.15) is 0 Å². The highest BCUT2D eigenvalue weighted by molar-refractivity contribution is 5.99. The van der Waals surface area contributed by atoms with Crippen molar-refractivity contribution in [2.45, 2.75) is 18.9 Å². The molecule has 1 atom stereocenters. The maximum Gasteiger partial charge on any atom is 0.257 e. The smallest absolute Gasteiger partial charge is 0.257 e. The zero-order chi connectivity index (χ0) is 13.8. The molecule has 19 heavy (non-hydrogen) atoms. The van der Waals surface area contributed by atoms with E-state index in [9.17, 15) is 4.79 Å². The summed E-state index contributed by atoms with van der Waals surface area (Å²) >= 11 is 0. The Balaban J connectivity index is 2.18. The SMILES string of the molecule is CN(C)CC1CCCN1C(=O)c1cccnc1NN. The summed E-state index contributed by atoms with van der Waals surface area (Å²) in [5.74, 6) is 5.85. The molecule has 2 rings (SSSR count). The molecule has 0 bridgehead atoms. The molecule has 0 spiro atoms. The fraction of sp³-hybridized carbons (Fsp3) is 0.538. The van der Waals surface area contributed by atoms with Crippen molar-refractivity contribution in [2.75, 3.05) is 32.6 Å². The van der Waals surface area contributed by atoms with Gasteiger partial charge in [-0.1, -0.05) is 0 Å². The van der Waals surface area contributed by atoms with Gasteiger partial charge in [0.2, 0.25) is 0 Å². The fourth-order valence-corrected chi connectivity index (χ4v) is 2.56. The summed E-state index contributed by atoms with van der Waals surface area (Å²) in [6.45, 7) is 1.69. The van der Waals surface area contributed by atoms with Crippen molar-refractivity contribution < 1.29 is 4.79 Å². The van der Waals surface area contributed by atoms with Crippen molar-refractivity contribution in [1.82, 2.24) is 14.8 Å². The van der Waals surface area contributed by atoms with Gasteiger partial charge in [-0.05, 0) is 39.1 Å². The van der Waals surface area contributed by atoms with Gasteiger partial charge in [0.15, 0.2) is 5.82 Å². The Hall–Kier alpha value is -1.66. The number of nitrogen functional groups attached to an aromatic ring is 1. The van der Waals surface area contributed by atoms with Crippen LogP contribution in [0.25, 0.3) is 0 Å². The number of rotatable bonds is 4. The lowest BCUT2D eigenvalue weighted by Gasteiger charge is -2.27. The third-order valence-corrected chi connectivity index (χ3v) is 3.39. The van der Waals surface area contributed by atoms with Gasteiger partial charge < -0.3 is 15.2 Å². The number of hydrogen-bond acceptors (Lipinski definition) is 5. The number of nitrogens with one attached hydrogen (secondary N) is 1. The lowest BCUT2D eigenvalue weighted by Crippen LogP contribution is -2.41. The average molecular weight is 263 g/mol. The summed E-state index contributed by atoms with van der Waals surface area (Å²) in [6, 6.07) is 3.79. The Bertz CT molecular complexity index is 448. The van der Waals surface area contributed by atoms with Crippen LogP contribution in [-0.2, 0) is 0 Å². The van der Waals surface area contributed by atoms with E-state index in [0.717, 1.165) is 25.9 Å². The molecule has 0 aliphatic carbocycles. The Morgan fingerprint density at radius 3 is 3.11 bits per heavy atom. The number of pyridine rings is 1. The van der Waals surface area contributed by atoms with E-state index in [1.54, 1.807) is 18.3 Å². The molecule has 1 aromatic rings. The predicted molar refractivity (Wildman–Crippen MR) is 74.7 cm³/mol. The van der Waals surface area contributed by atoms with Crippen LogP contribution in [0.4, 0.5) is 5.82 Å². The summed E-state index contributed by atoms with van der Waals surface area (Å²) in [5.41, 5.74) is 3.02. The fourth-order valence-electron chi connectivity index (χ4n) is 2.56. The second-order valence-corrected chi connectivity index (χ2v) is 5.10. The van der Waals surface area contributed by atoms with Gasteiger partial charge in [-0.15, -0.1) is 0 Å². The van der Waals surface area contributed by atoms with Crippen LogP contribution in [-0.4, -0.2) is 53.9 Å². The predicted octanol–water partition coefficient (Wildman–Crippen LogP) is 0.533. The first-order valence-corrected chi connectivity index (χ1v) is 6.51. The third kappa shape index (κ3) is 3.02. The number of anilines is 1. The first-order valence-electron chi connectivity index (χ1n) is 6.51. The summed E-state index contributed by atoms with van der Waals surface area (Å²) in [6.07, 6.45) is 3.72. The van der Waals surface area contributed by atoms with Crippen LogP contribution in [0.15, 0.2) is 18.3 Å². The highest BCUT2D eigenvalue weighted by Gasteiger charge is 2.30. The highest BCUT2D eigenvalue weighted by atomic mass is 16.2. The number of nitrogens with zero attached hydrogens (tertiary/aromatic N) is 3. The maximum absolute atomic E-state index is 12.6. The van der Waals surface area contributed by atoms with Gasteiger partial charge in [-0.3, -0.25) is 4.79 Å². The number of carbonyl (C=O) groups is 1. The van der Waals surface area contributed by atoms with Crippen molar-refractivity contribution >= 4 is 11.7 Å². The molecule has 0 saturated carbocycles. The number of nitrogens with two attached hydrogens (primary N) is 1. The molecular formula is C13H21N5O. The first kappa shape index (κ1) is 13.8. The van der Waals surface area contributed by atoms with E-state index in [1.165, 1.54) is 0 Å². The normalized spacial score (nSPS) is 18.9. The van der Waals surface area contributed by atoms with Crippen molar-refractivity contribution in [1.29, 1.82) is 0 Å². The van der Waals surface area contributed by atoms with Crippen molar-refractivity contribution in [3.8, 4) is 0 Å². The molecule has 2 heterocycles. The van der Waals surface area contributed by atoms with Gasteiger partial charge in [0, 0.05) is 25.3 Å². The minimum atomic E-state index is 0.00500. The largest absolute Gasteiger partial charge is 0.334 e. The maximum atomic E-state index is 12.6. The van der Waals surface area contributed by atoms with Crippen LogP contribution in [0.2, 0.25) is 0 Å². The molecule has 0 radical (unpaired) electrons. The number of likely N-dealkylation sites (tertiary alicyclic amines) is 1. The monoisotopic (exact) mass is 263 g/mol. The molecule has 1 amide bonds. The second kappa shape index (κ2) is 5.99. The molecule has 1 aliphatic heterocycles. The molecule has 6 heteroatoms. The number of carbonyl (C=O) groups excluding carboxylic acids is 1. The molecule has 1 aliphatic rings. The number of aromatic nitrogens is 1. The van der Waals surface area contributed by atoms with Crippen LogP contribution in [0.1, 0.15) is 23.2 Å². The van der Waals surface area contributed by atoms with E-state index >= 15 is 0 Å². The zero-order valence-corrected chi connectivity index (χ0v) is 11.5. The number of likely N-dealkylation sites (N-methyl/N-ethyl adjacent to an activating group) is 1. The van der Waals surface area contributed by atoms with Crippen LogP contribution < -0.4 is 11.3 Å². The van der Waals surface area contributed by atoms with Gasteiger partial charge in [-0.25, -0.2) is 10.8 Å². The van der Waals surface area contributed by atoms with Gasteiger partial charge in [0.25, 0.3) is 5.91 Å². The third-order valence-electron chi connectivity index (χ3n) is 3.39. The Labute approximate surface area is 113 Å². The van der Waals surface area contributed by atoms with E-state index in [2.05, 4.69) is 15.3 Å². The zero-order valence-electron chi connectivity index (χ0n) is 11.5. The van der Waals surface area contributed by atoms with Crippen molar-refractivity contribution in [2.24, 2.45) is 5.84 Å². The molecular weight excluding hydrogens is 242 g/mol. The Kier molecular flexibility index (Phi) is 4.34. The van der Waals surface area contributed by atoms with Gasteiger partial charge >= 0.3 is 0 Å². The van der Waals surface area contributed by atoms with Crippen molar-refractivity contribution in [3.05, 3.63) is 23.9 Å². The molecule has 1 fully saturated rings. The molecule has 0 aromatic carbocycles. The van der Waals surface area contributed by atoms with E-state index in [4.69, 9.17) is 5.84 Å². The lowest BCUT2D eigenvalue weighted by atomic mass is 10.2. The molecule has 104 valence electrons. The topological polar surface area (TPSA) is 74.5 Å². The summed E-state index contributed by atoms with van der Waals surface area (Å²) < 4.78 is 0. The Morgan fingerprint density at radius 2 is 2.42 bits per heavy atom. The summed E-state index contributed by atoms with van der Waals surface area (Å²) in [4.78, 5) is 20.7. The number of hydrogen-bond donors (Lipinski definition) is 2. The number of amides is 1. The van der Waals surface area contributed by atoms with E-state index < -0.39 is 0 Å². The second-order valence-electron chi connectivity index (χ2n) is 5.10. The van der Waals surface area contributed by atoms with Gasteiger partial charge in [0.05, 0.1) is 5.56 Å². The standard InChI is InChI=1S/C13H21N5O/c1-17(2)9-10-5-4-8-18(10)13(19)11-6-3-7-15-12(11)16-14/h3,6-7,10H,4-5,8-9,14H2,1-2H3,(H,15,16). The molecule has 1 aromatic heterocycles. The first-order chi connectivity index (χ1) is 9.13. The molecule has 6 nitrogen and oxygen atoms in total. The van der Waals surface area contributed by atoms with E-state index in [0.29, 0.717) is 11.4 Å². The number of hydrazine groups is 1. The van der Waals surface area contributed by atoms with E-state index in [1.807, 2.05) is 19.0 Å².